The summed E-state index contributed by atoms with van der Waals surface area (Å²) in [6, 6.07) is 77.7. The van der Waals surface area contributed by atoms with E-state index in [4.69, 9.17) is 19.9 Å². The van der Waals surface area contributed by atoms with Gasteiger partial charge in [0.25, 0.3) is 0 Å². The number of imidazole rings is 4. The first-order chi connectivity index (χ1) is 31.3. The highest BCUT2D eigenvalue weighted by molar-refractivity contribution is 7.19. The van der Waals surface area contributed by atoms with E-state index in [9.17, 15) is 0 Å². The molecule has 0 saturated heterocycles. The Kier molecular flexibility index (Phi) is 7.75. The first-order valence-electron chi connectivity index (χ1n) is 21.2. The molecule has 0 bridgehead atoms. The van der Waals surface area contributed by atoms with Crippen molar-refractivity contribution in [1.82, 2.24) is 37.9 Å². The Morgan fingerprint density at radius 1 is 0.317 bits per heavy atom. The molecule has 13 rings (SSSR count). The predicted octanol–water partition coefficient (Wildman–Crippen LogP) is 9.01. The summed E-state index contributed by atoms with van der Waals surface area (Å²) in [6.45, 7) is 0. The number of rotatable bonds is 7. The third-order valence-corrected chi connectivity index (χ3v) is 17.3. The fourth-order valence-electron chi connectivity index (χ4n) is 9.89. The molecule has 9 heteroatoms. The van der Waals surface area contributed by atoms with Crippen LogP contribution in [-0.2, 0) is 0 Å². The Labute approximate surface area is 362 Å². The first-order valence-corrected chi connectivity index (χ1v) is 23.2. The third-order valence-electron chi connectivity index (χ3n) is 12.6. The standard InChI is InChI=1S/C54H36N8Si/c1-4-20-38(21-5-1)63(39-22-6-2-7-23-39,40-24-8-3-9-25-40)41-26-18-19-37(35-41)44-36-51(61-49-33-16-14-31-47(49)59-45-29-12-10-27-42(45)56-53(59)61)58-52(55-44)62-50-34-17-15-32-48(50)60-46-30-13-11-28-43(46)57-54(60)62/h1-36H. The van der Waals surface area contributed by atoms with Gasteiger partial charge in [0.05, 0.1) is 49.8 Å². The Morgan fingerprint density at radius 3 is 1.29 bits per heavy atom. The summed E-state index contributed by atoms with van der Waals surface area (Å²) in [4.78, 5) is 21.5. The van der Waals surface area contributed by atoms with Gasteiger partial charge in [-0.1, -0.05) is 164 Å². The highest BCUT2D eigenvalue weighted by atomic mass is 28.3. The second-order valence-electron chi connectivity index (χ2n) is 16.0. The van der Waals surface area contributed by atoms with Gasteiger partial charge >= 0.3 is 0 Å². The van der Waals surface area contributed by atoms with Gasteiger partial charge in [0.1, 0.15) is 5.82 Å². The monoisotopic (exact) mass is 824 g/mol. The molecule has 5 heterocycles. The number of nitrogens with zero attached hydrogens (tertiary/aromatic N) is 8. The summed E-state index contributed by atoms with van der Waals surface area (Å²) in [6.07, 6.45) is 0. The molecule has 0 saturated carbocycles. The van der Waals surface area contributed by atoms with Crippen LogP contribution in [0, 0.1) is 0 Å². The maximum Gasteiger partial charge on any atom is 0.239 e. The van der Waals surface area contributed by atoms with E-state index in [0.717, 1.165) is 66.9 Å². The van der Waals surface area contributed by atoms with Crippen LogP contribution in [0.3, 0.4) is 0 Å². The maximum absolute atomic E-state index is 5.54. The van der Waals surface area contributed by atoms with Crippen LogP contribution in [0.4, 0.5) is 0 Å². The molecule has 296 valence electrons. The molecule has 5 aromatic heterocycles. The SMILES string of the molecule is c1ccc([Si](c2ccccc2)(c2ccccc2)c2cccc(-c3cc(-n4c5ccccc5n5c6ccccc6nc45)nc(-n4c5ccccc5n5c6ccccc6nc45)n3)c2)cc1. The molecular formula is C54H36N8Si. The van der Waals surface area contributed by atoms with Gasteiger partial charge in [-0.2, -0.15) is 4.98 Å². The molecule has 0 spiro atoms. The highest BCUT2D eigenvalue weighted by Gasteiger charge is 2.41. The average Bonchev–Trinajstić information content (AvgIpc) is 4.09. The molecule has 0 aliphatic heterocycles. The molecule has 63 heavy (non-hydrogen) atoms. The van der Waals surface area contributed by atoms with Crippen molar-refractivity contribution in [2.24, 2.45) is 0 Å². The topological polar surface area (TPSA) is 70.2 Å². The fraction of sp³-hybridized carbons (Fsp3) is 0. The Bertz CT molecular complexity index is 3600. The molecule has 0 amide bonds. The van der Waals surface area contributed by atoms with Crippen LogP contribution in [0.1, 0.15) is 0 Å². The van der Waals surface area contributed by atoms with Crippen molar-refractivity contribution in [2.75, 3.05) is 0 Å². The van der Waals surface area contributed by atoms with E-state index in [1.54, 1.807) is 0 Å². The Morgan fingerprint density at radius 2 is 0.746 bits per heavy atom. The van der Waals surface area contributed by atoms with Gasteiger partial charge in [-0.15, -0.1) is 0 Å². The molecule has 13 aromatic rings. The van der Waals surface area contributed by atoms with Crippen LogP contribution in [0.15, 0.2) is 218 Å². The van der Waals surface area contributed by atoms with Crippen molar-refractivity contribution in [3.8, 4) is 23.0 Å². The Hall–Kier alpha value is -8.40. The van der Waals surface area contributed by atoms with Crippen molar-refractivity contribution >= 4 is 84.5 Å². The van der Waals surface area contributed by atoms with E-state index in [-0.39, 0.29) is 0 Å². The first kappa shape index (κ1) is 35.4. The van der Waals surface area contributed by atoms with Crippen LogP contribution in [0.2, 0.25) is 0 Å². The van der Waals surface area contributed by atoms with Crippen molar-refractivity contribution in [2.45, 2.75) is 0 Å². The molecule has 8 nitrogen and oxygen atoms in total. The normalized spacial score (nSPS) is 12.1. The largest absolute Gasteiger partial charge is 0.276 e. The van der Waals surface area contributed by atoms with Gasteiger partial charge in [0.2, 0.25) is 17.5 Å². The lowest BCUT2D eigenvalue weighted by atomic mass is 10.1. The summed E-state index contributed by atoms with van der Waals surface area (Å²) in [7, 11) is -2.86. The maximum atomic E-state index is 5.54. The minimum Gasteiger partial charge on any atom is -0.276 e. The van der Waals surface area contributed by atoms with E-state index in [2.05, 4.69) is 224 Å². The zero-order chi connectivity index (χ0) is 41.5. The summed E-state index contributed by atoms with van der Waals surface area (Å²) in [5, 5.41) is 5.18. The molecule has 0 aliphatic carbocycles. The number of benzene rings is 8. The predicted molar refractivity (Wildman–Crippen MR) is 257 cm³/mol. The zero-order valence-electron chi connectivity index (χ0n) is 33.9. The van der Waals surface area contributed by atoms with Crippen molar-refractivity contribution < 1.29 is 0 Å². The third kappa shape index (κ3) is 5.20. The molecule has 0 unspecified atom stereocenters. The Balaban J connectivity index is 1.13. The summed E-state index contributed by atoms with van der Waals surface area (Å²) in [5.74, 6) is 2.73. The van der Waals surface area contributed by atoms with Crippen LogP contribution in [0.25, 0.3) is 78.7 Å². The van der Waals surface area contributed by atoms with E-state index in [0.29, 0.717) is 11.8 Å². The van der Waals surface area contributed by atoms with E-state index >= 15 is 0 Å². The number of hydrogen-bond acceptors (Lipinski definition) is 4. The molecule has 0 atom stereocenters. The van der Waals surface area contributed by atoms with Gasteiger partial charge in [-0.25, -0.2) is 19.5 Å². The minimum absolute atomic E-state index is 0.513. The summed E-state index contributed by atoms with van der Waals surface area (Å²) >= 11 is 0. The minimum atomic E-state index is -2.86. The molecule has 0 aliphatic rings. The van der Waals surface area contributed by atoms with E-state index in [1.807, 2.05) is 12.1 Å². The molecule has 0 fully saturated rings. The van der Waals surface area contributed by atoms with Gasteiger partial charge in [0.15, 0.2) is 8.07 Å². The second kappa shape index (κ2) is 13.8. The van der Waals surface area contributed by atoms with Gasteiger partial charge in [0, 0.05) is 11.6 Å². The summed E-state index contributed by atoms with van der Waals surface area (Å²) < 4.78 is 8.73. The number of aromatic nitrogens is 8. The highest BCUT2D eigenvalue weighted by Crippen LogP contribution is 2.33. The smallest absolute Gasteiger partial charge is 0.239 e. The lowest BCUT2D eigenvalue weighted by molar-refractivity contribution is 0.930. The van der Waals surface area contributed by atoms with Gasteiger partial charge in [-0.3, -0.25) is 13.4 Å². The second-order valence-corrected chi connectivity index (χ2v) is 19.8. The van der Waals surface area contributed by atoms with E-state index < -0.39 is 8.07 Å². The van der Waals surface area contributed by atoms with Crippen LogP contribution in [0.5, 0.6) is 0 Å². The van der Waals surface area contributed by atoms with Crippen LogP contribution in [-0.4, -0.2) is 45.9 Å². The summed E-state index contributed by atoms with van der Waals surface area (Å²) in [5.41, 5.74) is 9.68. The quantitative estimate of drug-likeness (QED) is 0.119. The van der Waals surface area contributed by atoms with Crippen molar-refractivity contribution in [3.05, 3.63) is 218 Å². The van der Waals surface area contributed by atoms with Gasteiger partial charge < -0.3 is 0 Å². The van der Waals surface area contributed by atoms with E-state index in [1.165, 1.54) is 20.7 Å². The molecule has 0 N–H and O–H groups in total. The lowest BCUT2D eigenvalue weighted by Gasteiger charge is -2.34. The van der Waals surface area contributed by atoms with Crippen LogP contribution < -0.4 is 20.7 Å². The zero-order valence-corrected chi connectivity index (χ0v) is 34.9. The number of hydrogen-bond donors (Lipinski definition) is 0. The van der Waals surface area contributed by atoms with Crippen molar-refractivity contribution in [1.29, 1.82) is 0 Å². The van der Waals surface area contributed by atoms with Crippen LogP contribution >= 0.6 is 0 Å². The van der Waals surface area contributed by atoms with Crippen molar-refractivity contribution in [3.63, 3.8) is 0 Å². The number of fused-ring (bicyclic) bond motifs is 10. The number of para-hydroxylation sites is 8. The molecule has 0 radical (unpaired) electrons. The molecular weight excluding hydrogens is 789 g/mol. The average molecular weight is 825 g/mol. The lowest BCUT2D eigenvalue weighted by Crippen LogP contribution is -2.74. The van der Waals surface area contributed by atoms with Gasteiger partial charge in [-0.05, 0) is 69.3 Å². The fourth-order valence-corrected chi connectivity index (χ4v) is 14.7. The molecule has 8 aromatic carbocycles.